The standard InChI is InChI=1S/C9H3ClFN3/c10-7-1-5(3-12)14-8-4-13-9(11)2-6(7)8/h1-2,4H. The Kier molecular flexibility index (Phi) is 2.02. The summed E-state index contributed by atoms with van der Waals surface area (Å²) >= 11 is 5.83. The third-order valence-electron chi connectivity index (χ3n) is 1.73. The van der Waals surface area contributed by atoms with Gasteiger partial charge < -0.3 is 0 Å². The van der Waals surface area contributed by atoms with Gasteiger partial charge in [0.1, 0.15) is 11.8 Å². The minimum atomic E-state index is -0.620. The van der Waals surface area contributed by atoms with Crippen molar-refractivity contribution in [3.63, 3.8) is 0 Å². The van der Waals surface area contributed by atoms with E-state index in [-0.39, 0.29) is 5.69 Å². The lowest BCUT2D eigenvalue weighted by Crippen LogP contribution is -1.89. The summed E-state index contributed by atoms with van der Waals surface area (Å²) in [4.78, 5) is 7.35. The van der Waals surface area contributed by atoms with Crippen LogP contribution in [0.5, 0.6) is 0 Å². The second-order valence-electron chi connectivity index (χ2n) is 2.63. The number of hydrogen-bond acceptors (Lipinski definition) is 3. The number of nitriles is 1. The van der Waals surface area contributed by atoms with Crippen LogP contribution in [0.15, 0.2) is 18.3 Å². The summed E-state index contributed by atoms with van der Waals surface area (Å²) in [6.07, 6.45) is 1.25. The molecule has 2 aromatic heterocycles. The predicted molar refractivity (Wildman–Crippen MR) is 49.2 cm³/mol. The molecule has 2 rings (SSSR count). The minimum absolute atomic E-state index is 0.191. The normalized spacial score (nSPS) is 10.1. The molecule has 0 saturated carbocycles. The summed E-state index contributed by atoms with van der Waals surface area (Å²) in [5.41, 5.74) is 0.603. The van der Waals surface area contributed by atoms with Crippen LogP contribution in [0.1, 0.15) is 5.69 Å². The number of aromatic nitrogens is 2. The maximum absolute atomic E-state index is 12.7. The third-order valence-corrected chi connectivity index (χ3v) is 2.04. The predicted octanol–water partition coefficient (Wildman–Crippen LogP) is 2.29. The molecule has 2 heterocycles. The molecule has 2 aromatic rings. The van der Waals surface area contributed by atoms with Gasteiger partial charge in [-0.25, -0.2) is 9.97 Å². The first kappa shape index (κ1) is 8.85. The third kappa shape index (κ3) is 1.38. The number of halogens is 2. The van der Waals surface area contributed by atoms with E-state index in [1.54, 1.807) is 0 Å². The lowest BCUT2D eigenvalue weighted by atomic mass is 10.2. The first-order valence-electron chi connectivity index (χ1n) is 3.72. The number of hydrogen-bond donors (Lipinski definition) is 0. The van der Waals surface area contributed by atoms with Gasteiger partial charge in [-0.3, -0.25) is 0 Å². The molecule has 0 unspecified atom stereocenters. The fourth-order valence-corrected chi connectivity index (χ4v) is 1.37. The van der Waals surface area contributed by atoms with E-state index < -0.39 is 5.95 Å². The van der Waals surface area contributed by atoms with Gasteiger partial charge in [0.2, 0.25) is 5.95 Å². The fraction of sp³-hybridized carbons (Fsp3) is 0. The zero-order valence-corrected chi connectivity index (χ0v) is 7.59. The molecule has 0 amide bonds. The molecule has 0 atom stereocenters. The Balaban J connectivity index is 2.84. The highest BCUT2D eigenvalue weighted by Crippen LogP contribution is 2.22. The van der Waals surface area contributed by atoms with Crippen molar-refractivity contribution >= 4 is 22.5 Å². The first-order chi connectivity index (χ1) is 6.70. The van der Waals surface area contributed by atoms with E-state index in [0.29, 0.717) is 15.9 Å². The van der Waals surface area contributed by atoms with Crippen molar-refractivity contribution in [2.24, 2.45) is 0 Å². The van der Waals surface area contributed by atoms with Crippen LogP contribution in [-0.4, -0.2) is 9.97 Å². The highest BCUT2D eigenvalue weighted by atomic mass is 35.5. The van der Waals surface area contributed by atoms with E-state index >= 15 is 0 Å². The van der Waals surface area contributed by atoms with Crippen molar-refractivity contribution in [1.29, 1.82) is 5.26 Å². The van der Waals surface area contributed by atoms with E-state index in [9.17, 15) is 4.39 Å². The van der Waals surface area contributed by atoms with Gasteiger partial charge in [-0.05, 0) is 6.07 Å². The maximum atomic E-state index is 12.7. The molecule has 0 radical (unpaired) electrons. The molecule has 0 aliphatic heterocycles. The number of nitrogens with zero attached hydrogens (tertiary/aromatic N) is 3. The topological polar surface area (TPSA) is 49.6 Å². The van der Waals surface area contributed by atoms with Gasteiger partial charge in [0, 0.05) is 11.5 Å². The van der Waals surface area contributed by atoms with Crippen molar-refractivity contribution in [1.82, 2.24) is 9.97 Å². The number of rotatable bonds is 0. The van der Waals surface area contributed by atoms with Gasteiger partial charge in [-0.2, -0.15) is 9.65 Å². The quantitative estimate of drug-likeness (QED) is 0.623. The van der Waals surface area contributed by atoms with Gasteiger partial charge >= 0.3 is 0 Å². The first-order valence-corrected chi connectivity index (χ1v) is 4.10. The molecule has 14 heavy (non-hydrogen) atoms. The minimum Gasteiger partial charge on any atom is -0.235 e. The number of pyridine rings is 2. The second-order valence-corrected chi connectivity index (χ2v) is 3.03. The van der Waals surface area contributed by atoms with Gasteiger partial charge in [-0.15, -0.1) is 0 Å². The Bertz CT molecular complexity index is 547. The monoisotopic (exact) mass is 207 g/mol. The average molecular weight is 208 g/mol. The van der Waals surface area contributed by atoms with Gasteiger partial charge in [0.15, 0.2) is 0 Å². The van der Waals surface area contributed by atoms with Crippen LogP contribution >= 0.6 is 11.6 Å². The molecule has 5 heteroatoms. The lowest BCUT2D eigenvalue weighted by Gasteiger charge is -1.99. The summed E-state index contributed by atoms with van der Waals surface area (Å²) in [7, 11) is 0. The molecule has 3 nitrogen and oxygen atoms in total. The molecular formula is C9H3ClFN3. The number of fused-ring (bicyclic) bond motifs is 1. The summed E-state index contributed by atoms with van der Waals surface area (Å²) in [5.74, 6) is -0.620. The summed E-state index contributed by atoms with van der Waals surface area (Å²) in [5, 5.41) is 9.37. The van der Waals surface area contributed by atoms with Crippen LogP contribution in [0, 0.1) is 17.3 Å². The van der Waals surface area contributed by atoms with Crippen molar-refractivity contribution in [3.8, 4) is 6.07 Å². The Morgan fingerprint density at radius 3 is 2.93 bits per heavy atom. The Morgan fingerprint density at radius 1 is 1.43 bits per heavy atom. The molecule has 68 valence electrons. The molecule has 0 fully saturated rings. The largest absolute Gasteiger partial charge is 0.235 e. The van der Waals surface area contributed by atoms with Crippen LogP contribution in [0.25, 0.3) is 10.9 Å². The van der Waals surface area contributed by atoms with E-state index in [1.807, 2.05) is 6.07 Å². The van der Waals surface area contributed by atoms with Crippen molar-refractivity contribution in [3.05, 3.63) is 35.0 Å². The van der Waals surface area contributed by atoms with E-state index in [1.165, 1.54) is 18.3 Å². The van der Waals surface area contributed by atoms with Gasteiger partial charge in [0.25, 0.3) is 0 Å². The van der Waals surface area contributed by atoms with Gasteiger partial charge in [-0.1, -0.05) is 11.6 Å². The molecule has 0 aliphatic carbocycles. The van der Waals surface area contributed by atoms with Crippen LogP contribution in [0.3, 0.4) is 0 Å². The molecule has 0 aliphatic rings. The summed E-state index contributed by atoms with van der Waals surface area (Å²) < 4.78 is 12.7. The SMILES string of the molecule is N#Cc1cc(Cl)c2cc(F)ncc2n1. The van der Waals surface area contributed by atoms with Gasteiger partial charge in [0.05, 0.1) is 16.7 Å². The molecular weight excluding hydrogens is 205 g/mol. The zero-order chi connectivity index (χ0) is 10.1. The van der Waals surface area contributed by atoms with Crippen LogP contribution in [0.2, 0.25) is 5.02 Å². The Hall–Kier alpha value is -1.73. The Labute approximate surface area is 83.8 Å². The molecule has 0 spiro atoms. The average Bonchev–Trinajstić information content (AvgIpc) is 2.19. The van der Waals surface area contributed by atoms with Crippen molar-refractivity contribution in [2.45, 2.75) is 0 Å². The fourth-order valence-electron chi connectivity index (χ4n) is 1.12. The lowest BCUT2D eigenvalue weighted by molar-refractivity contribution is 0.586. The second kappa shape index (κ2) is 3.20. The maximum Gasteiger partial charge on any atom is 0.213 e. The van der Waals surface area contributed by atoms with E-state index in [4.69, 9.17) is 16.9 Å². The molecule has 0 N–H and O–H groups in total. The van der Waals surface area contributed by atoms with Crippen molar-refractivity contribution < 1.29 is 4.39 Å². The highest BCUT2D eigenvalue weighted by Gasteiger charge is 2.05. The molecule has 0 saturated heterocycles. The van der Waals surface area contributed by atoms with Crippen LogP contribution in [0.4, 0.5) is 4.39 Å². The van der Waals surface area contributed by atoms with Crippen LogP contribution < -0.4 is 0 Å². The van der Waals surface area contributed by atoms with Crippen molar-refractivity contribution in [2.75, 3.05) is 0 Å². The molecule has 0 aromatic carbocycles. The highest BCUT2D eigenvalue weighted by molar-refractivity contribution is 6.35. The smallest absolute Gasteiger partial charge is 0.213 e. The van der Waals surface area contributed by atoms with E-state index in [0.717, 1.165) is 0 Å². The zero-order valence-electron chi connectivity index (χ0n) is 6.83. The summed E-state index contributed by atoms with van der Waals surface area (Å²) in [6.45, 7) is 0. The summed E-state index contributed by atoms with van der Waals surface area (Å²) in [6, 6.07) is 4.44. The Morgan fingerprint density at radius 2 is 2.21 bits per heavy atom. The van der Waals surface area contributed by atoms with Crippen LogP contribution in [-0.2, 0) is 0 Å². The molecule has 0 bridgehead atoms. The van der Waals surface area contributed by atoms with E-state index in [2.05, 4.69) is 9.97 Å².